The van der Waals surface area contributed by atoms with Gasteiger partial charge >= 0.3 is 6.36 Å². The Morgan fingerprint density at radius 3 is 2.53 bits per heavy atom. The van der Waals surface area contributed by atoms with Crippen LogP contribution in [-0.2, 0) is 0 Å². The standard InChI is InChI=1S/C9H4Br2F3N3OS/c10-4-1-2-5(6(3-4)18-9(12,13)14)15-8-17-16-7(11)19-8/h1-3H,(H,15,17). The molecule has 19 heavy (non-hydrogen) atoms. The second-order valence-corrected chi connectivity index (χ2v) is 6.34. The molecule has 0 aliphatic rings. The summed E-state index contributed by atoms with van der Waals surface area (Å²) in [4.78, 5) is 0. The molecule has 4 nitrogen and oxygen atoms in total. The summed E-state index contributed by atoms with van der Waals surface area (Å²) in [5.41, 5.74) is 0.143. The predicted molar refractivity (Wildman–Crippen MR) is 71.7 cm³/mol. The minimum absolute atomic E-state index is 0.143. The van der Waals surface area contributed by atoms with E-state index in [9.17, 15) is 13.2 Å². The van der Waals surface area contributed by atoms with Crippen LogP contribution in [0.1, 0.15) is 0 Å². The minimum atomic E-state index is -4.76. The molecule has 0 radical (unpaired) electrons. The molecule has 0 aliphatic heterocycles. The summed E-state index contributed by atoms with van der Waals surface area (Å²) in [5, 5.41) is 10.5. The van der Waals surface area contributed by atoms with Gasteiger partial charge in [-0.05, 0) is 34.1 Å². The fourth-order valence-corrected chi connectivity index (χ4v) is 2.54. The van der Waals surface area contributed by atoms with Gasteiger partial charge < -0.3 is 10.1 Å². The quantitative estimate of drug-likeness (QED) is 0.784. The van der Waals surface area contributed by atoms with Crippen LogP contribution in [0, 0.1) is 0 Å². The van der Waals surface area contributed by atoms with Crippen molar-refractivity contribution >= 4 is 54.0 Å². The third-order valence-corrected chi connectivity index (χ3v) is 3.58. The highest BCUT2D eigenvalue weighted by molar-refractivity contribution is 9.11. The maximum absolute atomic E-state index is 12.3. The van der Waals surface area contributed by atoms with E-state index in [4.69, 9.17) is 0 Å². The summed E-state index contributed by atoms with van der Waals surface area (Å²) in [7, 11) is 0. The lowest BCUT2D eigenvalue weighted by molar-refractivity contribution is -0.274. The fourth-order valence-electron chi connectivity index (χ4n) is 1.18. The average Bonchev–Trinajstić information content (AvgIpc) is 2.66. The van der Waals surface area contributed by atoms with Gasteiger partial charge in [0.1, 0.15) is 0 Å². The SMILES string of the molecule is FC(F)(F)Oc1cc(Br)ccc1Nc1nnc(Br)s1. The Morgan fingerprint density at radius 1 is 1.21 bits per heavy atom. The van der Waals surface area contributed by atoms with Gasteiger partial charge in [-0.2, -0.15) is 0 Å². The number of benzene rings is 1. The van der Waals surface area contributed by atoms with E-state index in [2.05, 4.69) is 52.1 Å². The van der Waals surface area contributed by atoms with Crippen LogP contribution >= 0.6 is 43.2 Å². The molecule has 2 rings (SSSR count). The zero-order chi connectivity index (χ0) is 14.0. The Balaban J connectivity index is 2.28. The van der Waals surface area contributed by atoms with Crippen molar-refractivity contribution in [2.75, 3.05) is 5.32 Å². The lowest BCUT2D eigenvalue weighted by Crippen LogP contribution is -2.17. The van der Waals surface area contributed by atoms with E-state index in [0.29, 0.717) is 13.5 Å². The number of anilines is 2. The molecule has 2 aromatic rings. The van der Waals surface area contributed by atoms with Crippen LogP contribution in [0.15, 0.2) is 26.6 Å². The maximum Gasteiger partial charge on any atom is 0.573 e. The summed E-state index contributed by atoms with van der Waals surface area (Å²) in [6, 6.07) is 4.24. The Bertz CT molecular complexity index is 590. The highest BCUT2D eigenvalue weighted by Crippen LogP contribution is 2.35. The molecule has 102 valence electrons. The first-order valence-corrected chi connectivity index (χ1v) is 7.05. The summed E-state index contributed by atoms with van der Waals surface area (Å²) < 4.78 is 41.8. The van der Waals surface area contributed by atoms with Gasteiger partial charge in [-0.15, -0.1) is 23.4 Å². The number of nitrogens with zero attached hydrogens (tertiary/aromatic N) is 2. The van der Waals surface area contributed by atoms with E-state index in [-0.39, 0.29) is 11.4 Å². The van der Waals surface area contributed by atoms with E-state index >= 15 is 0 Å². The van der Waals surface area contributed by atoms with Crippen LogP contribution in [0.5, 0.6) is 5.75 Å². The molecule has 0 fully saturated rings. The van der Waals surface area contributed by atoms with Crippen molar-refractivity contribution in [1.29, 1.82) is 0 Å². The molecule has 0 saturated heterocycles. The predicted octanol–water partition coefficient (Wildman–Crippen LogP) is 4.71. The number of rotatable bonds is 3. The van der Waals surface area contributed by atoms with Gasteiger partial charge in [-0.3, -0.25) is 0 Å². The van der Waals surface area contributed by atoms with Crippen LogP contribution in [0.2, 0.25) is 0 Å². The topological polar surface area (TPSA) is 47.0 Å². The van der Waals surface area contributed by atoms with Crippen LogP contribution < -0.4 is 10.1 Å². The molecule has 0 atom stereocenters. The van der Waals surface area contributed by atoms with Gasteiger partial charge in [0.2, 0.25) is 5.13 Å². The van der Waals surface area contributed by atoms with Crippen molar-refractivity contribution in [3.8, 4) is 5.75 Å². The molecule has 0 amide bonds. The molecule has 0 aliphatic carbocycles. The molecule has 0 unspecified atom stereocenters. The molecule has 0 spiro atoms. The zero-order valence-corrected chi connectivity index (χ0v) is 12.8. The maximum atomic E-state index is 12.3. The van der Waals surface area contributed by atoms with E-state index in [1.54, 1.807) is 6.07 Å². The normalized spacial score (nSPS) is 11.4. The van der Waals surface area contributed by atoms with E-state index in [0.717, 1.165) is 11.3 Å². The van der Waals surface area contributed by atoms with Crippen LogP contribution in [0.25, 0.3) is 0 Å². The molecule has 1 aromatic heterocycles. The Morgan fingerprint density at radius 2 is 1.95 bits per heavy atom. The van der Waals surface area contributed by atoms with Gasteiger partial charge in [0.15, 0.2) is 9.67 Å². The van der Waals surface area contributed by atoms with Crippen molar-refractivity contribution in [1.82, 2.24) is 10.2 Å². The Labute approximate surface area is 126 Å². The first-order valence-electron chi connectivity index (χ1n) is 4.65. The van der Waals surface area contributed by atoms with Gasteiger partial charge in [-0.1, -0.05) is 27.3 Å². The van der Waals surface area contributed by atoms with E-state index in [1.807, 2.05) is 0 Å². The van der Waals surface area contributed by atoms with Crippen LogP contribution in [0.3, 0.4) is 0 Å². The summed E-state index contributed by atoms with van der Waals surface area (Å²) in [6.45, 7) is 0. The number of aromatic nitrogens is 2. The Hall–Kier alpha value is -0.870. The second kappa shape index (κ2) is 5.63. The highest BCUT2D eigenvalue weighted by Gasteiger charge is 2.32. The number of alkyl halides is 3. The summed E-state index contributed by atoms with van der Waals surface area (Å²) in [6.07, 6.45) is -4.76. The smallest absolute Gasteiger partial charge is 0.404 e. The van der Waals surface area contributed by atoms with Crippen molar-refractivity contribution in [2.45, 2.75) is 6.36 Å². The van der Waals surface area contributed by atoms with Crippen LogP contribution in [0.4, 0.5) is 24.0 Å². The number of halogens is 5. The number of hydrogen-bond acceptors (Lipinski definition) is 5. The Kier molecular flexibility index (Phi) is 4.31. The lowest BCUT2D eigenvalue weighted by Gasteiger charge is -2.13. The first-order chi connectivity index (χ1) is 8.83. The first kappa shape index (κ1) is 14.5. The van der Waals surface area contributed by atoms with Crippen LogP contribution in [-0.4, -0.2) is 16.6 Å². The monoisotopic (exact) mass is 417 g/mol. The molecule has 1 N–H and O–H groups in total. The van der Waals surface area contributed by atoms with Crippen molar-refractivity contribution in [3.05, 3.63) is 26.6 Å². The number of nitrogens with one attached hydrogen (secondary N) is 1. The average molecular weight is 419 g/mol. The van der Waals surface area contributed by atoms with Gasteiger partial charge in [0, 0.05) is 4.47 Å². The lowest BCUT2D eigenvalue weighted by atomic mass is 10.3. The summed E-state index contributed by atoms with van der Waals surface area (Å²) >= 11 is 7.34. The molecule has 1 heterocycles. The molecular formula is C9H4Br2F3N3OS. The molecular weight excluding hydrogens is 415 g/mol. The van der Waals surface area contributed by atoms with Gasteiger partial charge in [0.25, 0.3) is 0 Å². The minimum Gasteiger partial charge on any atom is -0.404 e. The van der Waals surface area contributed by atoms with Gasteiger partial charge in [-0.25, -0.2) is 0 Å². The third-order valence-electron chi connectivity index (χ3n) is 1.81. The summed E-state index contributed by atoms with van der Waals surface area (Å²) in [5.74, 6) is -0.354. The fraction of sp³-hybridized carbons (Fsp3) is 0.111. The zero-order valence-electron chi connectivity index (χ0n) is 8.83. The van der Waals surface area contributed by atoms with E-state index < -0.39 is 6.36 Å². The third kappa shape index (κ3) is 4.32. The van der Waals surface area contributed by atoms with Gasteiger partial charge in [0.05, 0.1) is 5.69 Å². The molecule has 10 heteroatoms. The number of hydrogen-bond donors (Lipinski definition) is 1. The number of ether oxygens (including phenoxy) is 1. The largest absolute Gasteiger partial charge is 0.573 e. The molecule has 0 bridgehead atoms. The van der Waals surface area contributed by atoms with Crippen molar-refractivity contribution in [3.63, 3.8) is 0 Å². The van der Waals surface area contributed by atoms with Crippen molar-refractivity contribution < 1.29 is 17.9 Å². The highest BCUT2D eigenvalue weighted by atomic mass is 79.9. The molecule has 1 aromatic carbocycles. The second-order valence-electron chi connectivity index (χ2n) is 3.17. The molecule has 0 saturated carbocycles. The van der Waals surface area contributed by atoms with Crippen molar-refractivity contribution in [2.24, 2.45) is 0 Å². The van der Waals surface area contributed by atoms with E-state index in [1.165, 1.54) is 12.1 Å².